The van der Waals surface area contributed by atoms with Crippen LogP contribution in [0.5, 0.6) is 0 Å². The van der Waals surface area contributed by atoms with Crippen LogP contribution in [0, 0.1) is 11.3 Å². The number of carboxylic acids is 1. The van der Waals surface area contributed by atoms with Crippen molar-refractivity contribution in [2.45, 2.75) is 33.6 Å². The van der Waals surface area contributed by atoms with E-state index in [-0.39, 0.29) is 18.2 Å². The first-order chi connectivity index (χ1) is 8.74. The molecule has 0 aliphatic carbocycles. The minimum Gasteiger partial charge on any atom is -0.481 e. The van der Waals surface area contributed by atoms with Gasteiger partial charge in [0.05, 0.1) is 11.8 Å². The van der Waals surface area contributed by atoms with Gasteiger partial charge in [0.1, 0.15) is 0 Å². The molecule has 0 aromatic carbocycles. The average Bonchev–Trinajstić information content (AvgIpc) is 2.26. The Kier molecular flexibility index (Phi) is 5.52. The van der Waals surface area contributed by atoms with Gasteiger partial charge in [-0.1, -0.05) is 20.8 Å². The molecule has 0 aromatic rings. The molecular weight excluding hydrogens is 266 g/mol. The lowest BCUT2D eigenvalue weighted by molar-refractivity contribution is -0.150. The van der Waals surface area contributed by atoms with Gasteiger partial charge in [0.2, 0.25) is 5.91 Å². The van der Waals surface area contributed by atoms with Crippen molar-refractivity contribution in [3.8, 4) is 0 Å². The van der Waals surface area contributed by atoms with Crippen LogP contribution in [0.25, 0.3) is 0 Å². The Labute approximate surface area is 116 Å². The zero-order valence-corrected chi connectivity index (χ0v) is 12.7. The topological polar surface area (TPSA) is 74.7 Å². The predicted octanol–water partition coefficient (Wildman–Crippen LogP) is 1.10. The van der Waals surface area contributed by atoms with Gasteiger partial charge in [-0.25, -0.2) is 0 Å². The number of nitrogens with zero attached hydrogens (tertiary/aromatic N) is 1. The van der Waals surface area contributed by atoms with Crippen LogP contribution in [-0.4, -0.2) is 50.7 Å². The van der Waals surface area contributed by atoms with Crippen molar-refractivity contribution in [2.75, 3.05) is 24.6 Å². The van der Waals surface area contributed by atoms with Gasteiger partial charge in [-0.2, -0.15) is 0 Å². The third-order valence-corrected chi connectivity index (χ3v) is 4.66. The Hall–Kier alpha value is -0.910. The van der Waals surface area contributed by atoms with Crippen LogP contribution in [0.3, 0.4) is 0 Å². The summed E-state index contributed by atoms with van der Waals surface area (Å²) in [5, 5.41) is 9.03. The molecule has 19 heavy (non-hydrogen) atoms. The number of hydrogen-bond donors (Lipinski definition) is 1. The van der Waals surface area contributed by atoms with Crippen LogP contribution in [0.4, 0.5) is 0 Å². The Morgan fingerprint density at radius 1 is 1.32 bits per heavy atom. The van der Waals surface area contributed by atoms with Crippen molar-refractivity contribution in [2.24, 2.45) is 11.3 Å². The molecule has 1 rings (SSSR count). The second kappa shape index (κ2) is 6.50. The lowest BCUT2D eigenvalue weighted by atomic mass is 9.78. The number of amides is 1. The summed E-state index contributed by atoms with van der Waals surface area (Å²) in [5.41, 5.74) is -0.862. The fraction of sp³-hybridized carbons (Fsp3) is 0.846. The van der Waals surface area contributed by atoms with E-state index in [9.17, 15) is 13.8 Å². The molecule has 1 aliphatic rings. The molecule has 1 heterocycles. The van der Waals surface area contributed by atoms with E-state index in [0.29, 0.717) is 31.0 Å². The molecule has 1 N–H and O–H groups in total. The molecule has 1 atom stereocenters. The van der Waals surface area contributed by atoms with Gasteiger partial charge in [0.25, 0.3) is 0 Å². The summed E-state index contributed by atoms with van der Waals surface area (Å²) < 4.78 is 11.3. The Morgan fingerprint density at radius 2 is 1.84 bits per heavy atom. The van der Waals surface area contributed by atoms with E-state index in [1.165, 1.54) is 0 Å². The minimum atomic E-state index is -0.947. The number of carbonyl (C=O) groups excluding carboxylic acids is 1. The summed E-state index contributed by atoms with van der Waals surface area (Å²) in [5.74, 6) is 0.192. The van der Waals surface area contributed by atoms with E-state index in [1.54, 1.807) is 11.8 Å². The fourth-order valence-corrected chi connectivity index (χ4v) is 3.74. The van der Waals surface area contributed by atoms with Crippen LogP contribution in [0.15, 0.2) is 0 Å². The zero-order valence-electron chi connectivity index (χ0n) is 11.8. The highest BCUT2D eigenvalue weighted by Crippen LogP contribution is 2.32. The van der Waals surface area contributed by atoms with Crippen LogP contribution in [0.2, 0.25) is 0 Å². The van der Waals surface area contributed by atoms with E-state index in [4.69, 9.17) is 5.11 Å². The van der Waals surface area contributed by atoms with E-state index in [0.717, 1.165) is 0 Å². The molecule has 0 bridgehead atoms. The van der Waals surface area contributed by atoms with E-state index in [2.05, 4.69) is 0 Å². The monoisotopic (exact) mass is 289 g/mol. The number of carboxylic acid groups (broad SMARTS) is 1. The second-order valence-electron chi connectivity index (χ2n) is 5.87. The normalized spacial score (nSPS) is 20.3. The van der Waals surface area contributed by atoms with E-state index >= 15 is 0 Å². The minimum absolute atomic E-state index is 0.111. The lowest BCUT2D eigenvalue weighted by Gasteiger charge is -2.36. The first-order valence-electron chi connectivity index (χ1n) is 6.61. The maximum atomic E-state index is 12.6. The first-order valence-corrected chi connectivity index (χ1v) is 8.09. The second-order valence-corrected chi connectivity index (χ2v) is 7.57. The molecule has 1 saturated heterocycles. The summed E-state index contributed by atoms with van der Waals surface area (Å²) in [6, 6.07) is 0. The highest BCUT2D eigenvalue weighted by Gasteiger charge is 2.39. The molecule has 110 valence electrons. The molecule has 1 aliphatic heterocycles. The van der Waals surface area contributed by atoms with Crippen molar-refractivity contribution in [1.82, 2.24) is 4.90 Å². The molecule has 0 saturated carbocycles. The van der Waals surface area contributed by atoms with Crippen LogP contribution < -0.4 is 0 Å². The van der Waals surface area contributed by atoms with Gasteiger partial charge in [0.15, 0.2) is 0 Å². The SMILES string of the molecule is CC(C)CC(C)(CC(=O)O)C(=O)N1CCS(=O)CC1. The van der Waals surface area contributed by atoms with Crippen LogP contribution >= 0.6 is 0 Å². The Bertz CT molecular complexity index is 373. The van der Waals surface area contributed by atoms with Crippen molar-refractivity contribution >= 4 is 22.7 Å². The van der Waals surface area contributed by atoms with Gasteiger partial charge in [-0.15, -0.1) is 0 Å². The molecular formula is C13H23NO4S. The molecule has 1 fully saturated rings. The summed E-state index contributed by atoms with van der Waals surface area (Å²) in [7, 11) is -0.836. The third kappa shape index (κ3) is 4.60. The molecule has 6 heteroatoms. The Balaban J connectivity index is 2.81. The fourth-order valence-electron chi connectivity index (χ4n) is 2.69. The molecule has 0 spiro atoms. The number of carbonyl (C=O) groups is 2. The van der Waals surface area contributed by atoms with Crippen molar-refractivity contribution in [3.63, 3.8) is 0 Å². The summed E-state index contributed by atoms with van der Waals surface area (Å²) in [6.07, 6.45) is 0.404. The molecule has 5 nitrogen and oxygen atoms in total. The lowest BCUT2D eigenvalue weighted by Crippen LogP contribution is -2.49. The van der Waals surface area contributed by atoms with E-state index < -0.39 is 22.2 Å². The summed E-state index contributed by atoms with van der Waals surface area (Å²) >= 11 is 0. The quantitative estimate of drug-likeness (QED) is 0.822. The molecule has 0 aromatic heterocycles. The predicted molar refractivity (Wildman–Crippen MR) is 74.3 cm³/mol. The highest BCUT2D eigenvalue weighted by atomic mass is 32.2. The van der Waals surface area contributed by atoms with Gasteiger partial charge in [-0.05, 0) is 12.3 Å². The van der Waals surface area contributed by atoms with Crippen molar-refractivity contribution < 1.29 is 18.9 Å². The van der Waals surface area contributed by atoms with Gasteiger partial charge in [0, 0.05) is 35.4 Å². The molecule has 1 amide bonds. The number of hydrogen-bond acceptors (Lipinski definition) is 3. The van der Waals surface area contributed by atoms with Crippen LogP contribution in [0.1, 0.15) is 33.6 Å². The Morgan fingerprint density at radius 3 is 2.26 bits per heavy atom. The van der Waals surface area contributed by atoms with Gasteiger partial charge < -0.3 is 10.0 Å². The molecule has 0 radical (unpaired) electrons. The number of rotatable bonds is 5. The smallest absolute Gasteiger partial charge is 0.304 e. The van der Waals surface area contributed by atoms with Gasteiger partial charge >= 0.3 is 5.97 Å². The summed E-state index contributed by atoms with van der Waals surface area (Å²) in [6.45, 7) is 6.64. The third-order valence-electron chi connectivity index (χ3n) is 3.38. The average molecular weight is 289 g/mol. The standard InChI is InChI=1S/C13H23NO4S/c1-10(2)8-13(3,9-11(15)16)12(17)14-4-6-19(18)7-5-14/h10H,4-9H2,1-3H3,(H,15,16). The first kappa shape index (κ1) is 16.1. The van der Waals surface area contributed by atoms with Crippen molar-refractivity contribution in [3.05, 3.63) is 0 Å². The summed E-state index contributed by atoms with van der Waals surface area (Å²) in [4.78, 5) is 25.3. The number of aliphatic carboxylic acids is 1. The maximum Gasteiger partial charge on any atom is 0.304 e. The largest absolute Gasteiger partial charge is 0.481 e. The van der Waals surface area contributed by atoms with Gasteiger partial charge in [-0.3, -0.25) is 13.8 Å². The van der Waals surface area contributed by atoms with Crippen molar-refractivity contribution in [1.29, 1.82) is 0 Å². The van der Waals surface area contributed by atoms with Crippen LogP contribution in [-0.2, 0) is 20.4 Å². The van der Waals surface area contributed by atoms with E-state index in [1.807, 2.05) is 13.8 Å². The maximum absolute atomic E-state index is 12.6. The zero-order chi connectivity index (χ0) is 14.6. The highest BCUT2D eigenvalue weighted by molar-refractivity contribution is 7.85. The molecule has 1 unspecified atom stereocenters.